The minimum Gasteiger partial charge on any atom is -0.368 e. The van der Waals surface area contributed by atoms with Crippen molar-refractivity contribution < 1.29 is 14.4 Å². The molecule has 0 bridgehead atoms. The Morgan fingerprint density at radius 3 is 2.78 bits per heavy atom. The van der Waals surface area contributed by atoms with Crippen LogP contribution < -0.4 is 16.4 Å². The second kappa shape index (κ2) is 6.00. The number of nitrogens with two attached hydrogens (primary N) is 1. The summed E-state index contributed by atoms with van der Waals surface area (Å²) in [6, 6.07) is 0.473. The molecule has 7 heteroatoms. The van der Waals surface area contributed by atoms with Crippen molar-refractivity contribution in [2.24, 2.45) is 11.7 Å². The molecule has 3 atom stereocenters. The SMILES string of the molecule is C[C@@H](C#N)C[C@H](NC(=O)[C@@H]1CCC(=O)N1)C(N)=O. The molecule has 98 valence electrons. The fourth-order valence-corrected chi connectivity index (χ4v) is 1.74. The first kappa shape index (κ1) is 14.0. The largest absolute Gasteiger partial charge is 0.368 e. The van der Waals surface area contributed by atoms with Crippen molar-refractivity contribution in [2.75, 3.05) is 0 Å². The van der Waals surface area contributed by atoms with Gasteiger partial charge in [0.1, 0.15) is 12.1 Å². The Kier molecular flexibility index (Phi) is 4.66. The van der Waals surface area contributed by atoms with Gasteiger partial charge >= 0.3 is 0 Å². The molecule has 0 aromatic carbocycles. The lowest BCUT2D eigenvalue weighted by atomic mass is 10.0. The summed E-state index contributed by atoms with van der Waals surface area (Å²) in [7, 11) is 0. The van der Waals surface area contributed by atoms with E-state index in [-0.39, 0.29) is 18.2 Å². The van der Waals surface area contributed by atoms with Crippen molar-refractivity contribution in [3.63, 3.8) is 0 Å². The maximum absolute atomic E-state index is 11.8. The lowest BCUT2D eigenvalue weighted by molar-refractivity contribution is -0.129. The van der Waals surface area contributed by atoms with E-state index in [4.69, 9.17) is 11.0 Å². The third kappa shape index (κ3) is 3.73. The molecule has 18 heavy (non-hydrogen) atoms. The Balaban J connectivity index is 2.56. The minimum absolute atomic E-state index is 0.165. The van der Waals surface area contributed by atoms with Gasteiger partial charge in [0, 0.05) is 12.3 Å². The molecule has 1 rings (SSSR count). The van der Waals surface area contributed by atoms with Crippen LogP contribution in [0.3, 0.4) is 0 Å². The summed E-state index contributed by atoms with van der Waals surface area (Å²) < 4.78 is 0. The molecule has 0 aromatic rings. The fourth-order valence-electron chi connectivity index (χ4n) is 1.74. The first-order chi connectivity index (χ1) is 8.43. The summed E-state index contributed by atoms with van der Waals surface area (Å²) in [6.45, 7) is 1.64. The molecule has 1 aliphatic rings. The Morgan fingerprint density at radius 1 is 1.67 bits per heavy atom. The summed E-state index contributed by atoms with van der Waals surface area (Å²) in [4.78, 5) is 33.9. The van der Waals surface area contributed by atoms with Gasteiger partial charge in [0.15, 0.2) is 0 Å². The molecular weight excluding hydrogens is 236 g/mol. The van der Waals surface area contributed by atoms with E-state index >= 15 is 0 Å². The number of rotatable bonds is 5. The fraction of sp³-hybridized carbons (Fsp3) is 0.636. The van der Waals surface area contributed by atoms with Crippen LogP contribution in [0.5, 0.6) is 0 Å². The van der Waals surface area contributed by atoms with E-state index in [0.717, 1.165) is 0 Å². The lowest BCUT2D eigenvalue weighted by Crippen LogP contribution is -2.51. The van der Waals surface area contributed by atoms with Crippen LogP contribution in [0.4, 0.5) is 0 Å². The van der Waals surface area contributed by atoms with Gasteiger partial charge in [-0.3, -0.25) is 14.4 Å². The van der Waals surface area contributed by atoms with Crippen LogP contribution in [-0.2, 0) is 14.4 Å². The molecule has 0 radical (unpaired) electrons. The van der Waals surface area contributed by atoms with E-state index in [1.54, 1.807) is 6.92 Å². The average Bonchev–Trinajstić information content (AvgIpc) is 2.74. The molecule has 0 saturated carbocycles. The second-order valence-electron chi connectivity index (χ2n) is 4.39. The summed E-state index contributed by atoms with van der Waals surface area (Å²) in [5, 5.41) is 13.6. The zero-order valence-corrected chi connectivity index (χ0v) is 10.1. The smallest absolute Gasteiger partial charge is 0.243 e. The van der Waals surface area contributed by atoms with Crippen LogP contribution in [0.1, 0.15) is 26.2 Å². The number of primary amides is 1. The number of carbonyl (C=O) groups excluding carboxylic acids is 3. The van der Waals surface area contributed by atoms with Crippen LogP contribution in [0.25, 0.3) is 0 Å². The van der Waals surface area contributed by atoms with Crippen LogP contribution in [0.2, 0.25) is 0 Å². The van der Waals surface area contributed by atoms with Gasteiger partial charge in [-0.2, -0.15) is 5.26 Å². The predicted octanol–water partition coefficient (Wildman–Crippen LogP) is -1.22. The van der Waals surface area contributed by atoms with Crippen molar-refractivity contribution >= 4 is 17.7 Å². The van der Waals surface area contributed by atoms with Crippen molar-refractivity contribution in [3.8, 4) is 6.07 Å². The van der Waals surface area contributed by atoms with Crippen molar-refractivity contribution in [1.29, 1.82) is 5.26 Å². The Morgan fingerprint density at radius 2 is 2.33 bits per heavy atom. The number of nitrogens with zero attached hydrogens (tertiary/aromatic N) is 1. The Hall–Kier alpha value is -2.10. The molecule has 1 saturated heterocycles. The number of carbonyl (C=O) groups is 3. The Labute approximate surface area is 105 Å². The summed E-state index contributed by atoms with van der Waals surface area (Å²) >= 11 is 0. The van der Waals surface area contributed by atoms with E-state index in [2.05, 4.69) is 10.6 Å². The first-order valence-electron chi connectivity index (χ1n) is 5.72. The topological polar surface area (TPSA) is 125 Å². The highest BCUT2D eigenvalue weighted by Gasteiger charge is 2.30. The van der Waals surface area contributed by atoms with Gasteiger partial charge in [-0.15, -0.1) is 0 Å². The highest BCUT2D eigenvalue weighted by Crippen LogP contribution is 2.09. The molecule has 0 spiro atoms. The average molecular weight is 252 g/mol. The molecule has 0 aliphatic carbocycles. The van der Waals surface area contributed by atoms with Crippen LogP contribution in [0.15, 0.2) is 0 Å². The van der Waals surface area contributed by atoms with Gasteiger partial charge in [-0.25, -0.2) is 0 Å². The predicted molar refractivity (Wildman–Crippen MR) is 61.7 cm³/mol. The third-order valence-corrected chi connectivity index (χ3v) is 2.78. The molecule has 3 amide bonds. The van der Waals surface area contributed by atoms with E-state index < -0.39 is 23.9 Å². The molecule has 7 nitrogen and oxygen atoms in total. The lowest BCUT2D eigenvalue weighted by Gasteiger charge is -2.18. The van der Waals surface area contributed by atoms with E-state index in [0.29, 0.717) is 12.8 Å². The second-order valence-corrected chi connectivity index (χ2v) is 4.39. The molecule has 1 aliphatic heterocycles. The van der Waals surface area contributed by atoms with E-state index in [9.17, 15) is 14.4 Å². The summed E-state index contributed by atoms with van der Waals surface area (Å²) in [6.07, 6.45) is 0.871. The third-order valence-electron chi connectivity index (χ3n) is 2.78. The number of amides is 3. The molecule has 1 heterocycles. The van der Waals surface area contributed by atoms with Gasteiger partial charge in [0.05, 0.1) is 6.07 Å². The van der Waals surface area contributed by atoms with Gasteiger partial charge in [0.2, 0.25) is 17.7 Å². The minimum atomic E-state index is -0.885. The molecule has 0 unspecified atom stereocenters. The van der Waals surface area contributed by atoms with Crippen molar-refractivity contribution in [1.82, 2.24) is 10.6 Å². The normalized spacial score (nSPS) is 21.6. The maximum atomic E-state index is 11.8. The van der Waals surface area contributed by atoms with E-state index in [1.807, 2.05) is 6.07 Å². The zero-order valence-electron chi connectivity index (χ0n) is 10.1. The molecular formula is C11H16N4O3. The van der Waals surface area contributed by atoms with Gasteiger partial charge < -0.3 is 16.4 Å². The monoisotopic (exact) mass is 252 g/mol. The molecule has 0 aromatic heterocycles. The van der Waals surface area contributed by atoms with Gasteiger partial charge in [-0.1, -0.05) is 0 Å². The number of nitriles is 1. The van der Waals surface area contributed by atoms with Crippen LogP contribution in [-0.4, -0.2) is 29.8 Å². The summed E-state index contributed by atoms with van der Waals surface area (Å²) in [5.41, 5.74) is 5.16. The first-order valence-corrected chi connectivity index (χ1v) is 5.72. The number of hydrogen-bond donors (Lipinski definition) is 3. The number of nitrogens with one attached hydrogen (secondary N) is 2. The zero-order chi connectivity index (χ0) is 13.7. The molecule has 4 N–H and O–H groups in total. The summed E-state index contributed by atoms with van der Waals surface area (Å²) in [5.74, 6) is -1.69. The highest BCUT2D eigenvalue weighted by molar-refractivity contribution is 5.93. The van der Waals surface area contributed by atoms with Crippen LogP contribution in [0, 0.1) is 17.2 Å². The standard InChI is InChI=1S/C11H16N4O3/c1-6(5-12)4-8(10(13)17)15-11(18)7-2-3-9(16)14-7/h6-8H,2-4H2,1H3,(H2,13,17)(H,14,16)(H,15,18)/t6-,7+,8+/m1/s1. The highest BCUT2D eigenvalue weighted by atomic mass is 16.2. The Bertz CT molecular complexity index is 402. The van der Waals surface area contributed by atoms with Crippen molar-refractivity contribution in [2.45, 2.75) is 38.3 Å². The maximum Gasteiger partial charge on any atom is 0.243 e. The quantitative estimate of drug-likeness (QED) is 0.567. The van der Waals surface area contributed by atoms with E-state index in [1.165, 1.54) is 0 Å². The van der Waals surface area contributed by atoms with Crippen molar-refractivity contribution in [3.05, 3.63) is 0 Å². The number of hydrogen-bond acceptors (Lipinski definition) is 4. The van der Waals surface area contributed by atoms with Crippen LogP contribution >= 0.6 is 0 Å². The molecule has 1 fully saturated rings. The van der Waals surface area contributed by atoms with Gasteiger partial charge in [-0.05, 0) is 19.8 Å². The van der Waals surface area contributed by atoms with Gasteiger partial charge in [0.25, 0.3) is 0 Å².